The fourth-order valence-electron chi connectivity index (χ4n) is 5.76. The molecule has 0 bridgehead atoms. The Bertz CT molecular complexity index is 1860. The van der Waals surface area contributed by atoms with Crippen LogP contribution >= 0.6 is 0 Å². The van der Waals surface area contributed by atoms with Crippen molar-refractivity contribution in [2.75, 3.05) is 43.9 Å². The third-order valence-corrected chi connectivity index (χ3v) is 8.14. The van der Waals surface area contributed by atoms with Crippen LogP contribution in [0.25, 0.3) is 27.7 Å². The summed E-state index contributed by atoms with van der Waals surface area (Å²) in [6, 6.07) is 16.4. The molecule has 10 heteroatoms. The molecule has 1 saturated heterocycles. The predicted octanol–water partition coefficient (Wildman–Crippen LogP) is 4.88. The summed E-state index contributed by atoms with van der Waals surface area (Å²) in [4.78, 5) is 31.1. The van der Waals surface area contributed by atoms with Crippen LogP contribution in [0.15, 0.2) is 73.1 Å². The van der Waals surface area contributed by atoms with Crippen LogP contribution < -0.4 is 10.2 Å². The highest BCUT2D eigenvalue weighted by molar-refractivity contribution is 5.97. The molecule has 4 heterocycles. The second kappa shape index (κ2) is 13.1. The minimum Gasteiger partial charge on any atom is -0.391 e. The number of rotatable bonds is 11. The highest BCUT2D eigenvalue weighted by Crippen LogP contribution is 2.31. The number of ketones is 1. The molecule has 45 heavy (non-hydrogen) atoms. The number of benzene rings is 2. The van der Waals surface area contributed by atoms with E-state index >= 15 is 0 Å². The number of nitrogens with zero attached hydrogens (tertiary/aromatic N) is 7. The zero-order valence-electron chi connectivity index (χ0n) is 26.3. The highest BCUT2D eigenvalue weighted by atomic mass is 16.3. The van der Waals surface area contributed by atoms with Crippen molar-refractivity contribution < 1.29 is 9.90 Å². The summed E-state index contributed by atoms with van der Waals surface area (Å²) < 4.78 is 1.77. The molecule has 5 aromatic rings. The number of aliphatic hydroxyl groups excluding tert-OH is 1. The Hall–Kier alpha value is -4.67. The van der Waals surface area contributed by atoms with E-state index in [4.69, 9.17) is 15.0 Å². The van der Waals surface area contributed by atoms with Gasteiger partial charge >= 0.3 is 0 Å². The normalized spacial score (nSPS) is 15.4. The minimum absolute atomic E-state index is 0.0856. The summed E-state index contributed by atoms with van der Waals surface area (Å²) >= 11 is 0. The number of β-amino-alcohol motifs (C(OH)–C–C–N with tert-alkyl or cyclic N) is 1. The summed E-state index contributed by atoms with van der Waals surface area (Å²) in [5.41, 5.74) is 5.75. The Morgan fingerprint density at radius 1 is 1.16 bits per heavy atom. The first-order valence-electron chi connectivity index (χ1n) is 15.5. The molecule has 1 fully saturated rings. The number of hydrogen-bond donors (Lipinski definition) is 2. The van der Waals surface area contributed by atoms with Gasteiger partial charge in [0.25, 0.3) is 0 Å². The smallest absolute Gasteiger partial charge is 0.230 e. The Kier molecular flexibility index (Phi) is 8.86. The number of aliphatic hydroxyl groups is 1. The first-order valence-corrected chi connectivity index (χ1v) is 15.5. The van der Waals surface area contributed by atoms with Gasteiger partial charge in [-0.3, -0.25) is 9.78 Å². The van der Waals surface area contributed by atoms with Gasteiger partial charge in [0.05, 0.1) is 18.0 Å². The highest BCUT2D eigenvalue weighted by Gasteiger charge is 2.25. The third-order valence-electron chi connectivity index (χ3n) is 8.14. The lowest BCUT2D eigenvalue weighted by atomic mass is 9.97. The molecule has 0 saturated carbocycles. The van der Waals surface area contributed by atoms with Gasteiger partial charge in [-0.2, -0.15) is 19.6 Å². The summed E-state index contributed by atoms with van der Waals surface area (Å²) in [6.45, 7) is 6.71. The zero-order valence-corrected chi connectivity index (χ0v) is 26.3. The predicted molar refractivity (Wildman–Crippen MR) is 179 cm³/mol. The van der Waals surface area contributed by atoms with Crippen LogP contribution in [0.1, 0.15) is 42.9 Å². The first-order chi connectivity index (χ1) is 21.8. The molecule has 1 aliphatic heterocycles. The van der Waals surface area contributed by atoms with Gasteiger partial charge in [0, 0.05) is 55.3 Å². The van der Waals surface area contributed by atoms with Crippen LogP contribution in [-0.2, 0) is 17.8 Å². The van der Waals surface area contributed by atoms with Crippen molar-refractivity contribution in [2.24, 2.45) is 0 Å². The number of anilines is 2. The Labute approximate surface area is 263 Å². The van der Waals surface area contributed by atoms with Gasteiger partial charge in [0.15, 0.2) is 11.4 Å². The van der Waals surface area contributed by atoms with Crippen LogP contribution in [0.3, 0.4) is 0 Å². The lowest BCUT2D eigenvalue weighted by molar-refractivity contribution is -0.114. The number of carbonyl (C=O) groups is 1. The largest absolute Gasteiger partial charge is 0.391 e. The van der Waals surface area contributed by atoms with E-state index in [0.717, 1.165) is 50.9 Å². The number of aromatic nitrogens is 5. The third kappa shape index (κ3) is 6.72. The number of hydrogen-bond acceptors (Lipinski definition) is 9. The molecule has 6 rings (SSSR count). The molecule has 1 atom stereocenters. The van der Waals surface area contributed by atoms with Crippen LogP contribution in [0.5, 0.6) is 0 Å². The maximum atomic E-state index is 12.5. The van der Waals surface area contributed by atoms with E-state index < -0.39 is 0 Å². The number of nitrogens with one attached hydrogen (secondary N) is 1. The summed E-state index contributed by atoms with van der Waals surface area (Å²) in [5, 5.41) is 20.4. The van der Waals surface area contributed by atoms with Crippen molar-refractivity contribution in [3.8, 4) is 11.3 Å². The summed E-state index contributed by atoms with van der Waals surface area (Å²) in [7, 11) is 3.96. The first kappa shape index (κ1) is 30.4. The molecular formula is C35H40N8O2. The molecular weight excluding hydrogens is 564 g/mol. The minimum atomic E-state index is -0.378. The second-order valence-electron chi connectivity index (χ2n) is 12.3. The standard InChI is InChI=1S/C35H40N8O2/c1-23(2)31-21-38-43-33(31)39-35(42-17-14-28(45)22-42)40-34(43)37-20-26-8-5-6-10-29(26)32-30-12-11-24(18-25(30)13-15-36-32)19-27(44)9-7-16-41(3)4/h5-13,15,18,21,23,28,45H,14,16-17,19-20,22H2,1-4H3,(H,37,39,40)/b9-7+. The average Bonchev–Trinajstić information content (AvgIpc) is 3.66. The van der Waals surface area contributed by atoms with Crippen molar-refractivity contribution in [1.82, 2.24) is 29.5 Å². The average molecular weight is 605 g/mol. The van der Waals surface area contributed by atoms with Gasteiger partial charge in [-0.25, -0.2) is 0 Å². The number of pyridine rings is 1. The van der Waals surface area contributed by atoms with Gasteiger partial charge < -0.3 is 20.2 Å². The molecule has 2 aromatic carbocycles. The molecule has 232 valence electrons. The van der Waals surface area contributed by atoms with Gasteiger partial charge in [0.1, 0.15) is 0 Å². The van der Waals surface area contributed by atoms with E-state index in [-0.39, 0.29) is 17.8 Å². The molecule has 0 amide bonds. The van der Waals surface area contributed by atoms with Gasteiger partial charge in [0.2, 0.25) is 11.9 Å². The molecule has 0 aliphatic carbocycles. The number of fused-ring (bicyclic) bond motifs is 2. The van der Waals surface area contributed by atoms with Gasteiger partial charge in [-0.1, -0.05) is 62.4 Å². The van der Waals surface area contributed by atoms with Crippen LogP contribution in [0, 0.1) is 0 Å². The molecule has 2 N–H and O–H groups in total. The SMILES string of the molecule is CC(C)c1cnn2c(NCc3ccccc3-c3nccc4cc(CC(=O)/C=C/CN(C)C)ccc34)nc(N3CCC(O)C3)nc12. The number of carbonyl (C=O) groups excluding carboxylic acids is 1. The van der Waals surface area contributed by atoms with Crippen LogP contribution in [0.2, 0.25) is 0 Å². The van der Waals surface area contributed by atoms with E-state index in [1.807, 2.05) is 66.6 Å². The number of likely N-dealkylation sites (N-methyl/N-ethyl adjacent to an activating group) is 1. The van der Waals surface area contributed by atoms with Crippen molar-refractivity contribution in [1.29, 1.82) is 0 Å². The Morgan fingerprint density at radius 3 is 2.78 bits per heavy atom. The van der Waals surface area contributed by atoms with E-state index in [2.05, 4.69) is 48.5 Å². The molecule has 3 aromatic heterocycles. The maximum Gasteiger partial charge on any atom is 0.230 e. The summed E-state index contributed by atoms with van der Waals surface area (Å²) in [6.07, 6.45) is 7.93. The van der Waals surface area contributed by atoms with Crippen LogP contribution in [-0.4, -0.2) is 80.2 Å². The van der Waals surface area contributed by atoms with Gasteiger partial charge in [-0.05, 0) is 55.1 Å². The van der Waals surface area contributed by atoms with Gasteiger partial charge in [-0.15, -0.1) is 0 Å². The molecule has 1 unspecified atom stereocenters. The Balaban J connectivity index is 1.29. The quantitative estimate of drug-likeness (QED) is 0.204. The number of allylic oxidation sites excluding steroid dienone is 1. The topological polar surface area (TPSA) is 112 Å². The van der Waals surface area contributed by atoms with E-state index in [9.17, 15) is 9.90 Å². The van der Waals surface area contributed by atoms with Crippen molar-refractivity contribution in [3.63, 3.8) is 0 Å². The van der Waals surface area contributed by atoms with E-state index in [1.165, 1.54) is 0 Å². The molecule has 0 spiro atoms. The van der Waals surface area contributed by atoms with Crippen molar-refractivity contribution >= 4 is 34.1 Å². The lowest BCUT2D eigenvalue weighted by Crippen LogP contribution is -2.24. The zero-order chi connectivity index (χ0) is 31.5. The Morgan fingerprint density at radius 2 is 2.00 bits per heavy atom. The monoisotopic (exact) mass is 604 g/mol. The molecule has 0 radical (unpaired) electrons. The molecule has 1 aliphatic rings. The van der Waals surface area contributed by atoms with E-state index in [1.54, 1.807) is 10.6 Å². The summed E-state index contributed by atoms with van der Waals surface area (Å²) in [5.74, 6) is 1.52. The van der Waals surface area contributed by atoms with E-state index in [0.29, 0.717) is 44.4 Å². The molecule has 10 nitrogen and oxygen atoms in total. The lowest BCUT2D eigenvalue weighted by Gasteiger charge is -2.18. The van der Waals surface area contributed by atoms with Crippen molar-refractivity contribution in [2.45, 2.75) is 45.3 Å². The maximum absolute atomic E-state index is 12.5. The fourth-order valence-corrected chi connectivity index (χ4v) is 5.76. The second-order valence-corrected chi connectivity index (χ2v) is 12.3. The fraction of sp³-hybridized carbons (Fsp3) is 0.343. The van der Waals surface area contributed by atoms with Crippen LogP contribution in [0.4, 0.5) is 11.9 Å². The van der Waals surface area contributed by atoms with Crippen molar-refractivity contribution in [3.05, 3.63) is 89.8 Å².